The van der Waals surface area contributed by atoms with Gasteiger partial charge in [-0.25, -0.2) is 0 Å². The van der Waals surface area contributed by atoms with Gasteiger partial charge in [0.05, 0.1) is 0 Å². The van der Waals surface area contributed by atoms with Crippen LogP contribution in [0, 0.1) is 0 Å². The fraction of sp³-hybridized carbons (Fsp3) is 0.400. The normalized spacial score (nSPS) is 11.5. The zero-order valence-corrected chi connectivity index (χ0v) is 14.2. The molecule has 0 amide bonds. The molecule has 0 aliphatic heterocycles. The molecule has 0 atom stereocenters. The van der Waals surface area contributed by atoms with Gasteiger partial charge in [0, 0.05) is 12.1 Å². The summed E-state index contributed by atoms with van der Waals surface area (Å²) in [5.41, 5.74) is 14.9. The van der Waals surface area contributed by atoms with E-state index < -0.39 is 0 Å². The lowest BCUT2D eigenvalue weighted by molar-refractivity contribution is 0.0526. The molecular formula is C20H28N2O. The van der Waals surface area contributed by atoms with Gasteiger partial charge in [-0.1, -0.05) is 56.3 Å². The van der Waals surface area contributed by atoms with Crippen LogP contribution in [0.4, 0.5) is 0 Å². The summed E-state index contributed by atoms with van der Waals surface area (Å²) in [5.74, 6) is 0.881. The van der Waals surface area contributed by atoms with Gasteiger partial charge in [0.25, 0.3) is 0 Å². The molecule has 3 nitrogen and oxygen atoms in total. The summed E-state index contributed by atoms with van der Waals surface area (Å²) in [7, 11) is 0. The molecule has 2 aromatic rings. The fourth-order valence-electron chi connectivity index (χ4n) is 2.92. The smallest absolute Gasteiger partial charge is 0.125 e. The van der Waals surface area contributed by atoms with Crippen LogP contribution in [0.25, 0.3) is 11.1 Å². The van der Waals surface area contributed by atoms with Crippen molar-refractivity contribution in [2.75, 3.05) is 6.54 Å². The topological polar surface area (TPSA) is 61.3 Å². The second kappa shape index (κ2) is 8.14. The third kappa shape index (κ3) is 4.12. The third-order valence-electron chi connectivity index (χ3n) is 4.61. The van der Waals surface area contributed by atoms with Crippen LogP contribution in [-0.4, -0.2) is 12.1 Å². The van der Waals surface area contributed by atoms with Crippen LogP contribution in [0.2, 0.25) is 0 Å². The van der Waals surface area contributed by atoms with Crippen molar-refractivity contribution >= 4 is 0 Å². The Bertz CT molecular complexity index is 606. The number of hydrogen-bond donors (Lipinski definition) is 2. The lowest BCUT2D eigenvalue weighted by Gasteiger charge is -2.33. The lowest BCUT2D eigenvalue weighted by atomic mass is 9.92. The SMILES string of the molecule is CCC(CC)(CCN)Oc1cc(-c2ccccc2)ccc1CN. The molecule has 0 bridgehead atoms. The predicted molar refractivity (Wildman–Crippen MR) is 97.4 cm³/mol. The van der Waals surface area contributed by atoms with Crippen LogP contribution >= 0.6 is 0 Å². The average Bonchev–Trinajstić information content (AvgIpc) is 2.62. The fourth-order valence-corrected chi connectivity index (χ4v) is 2.92. The molecule has 0 aliphatic rings. The van der Waals surface area contributed by atoms with Gasteiger partial charge >= 0.3 is 0 Å². The van der Waals surface area contributed by atoms with Crippen LogP contribution in [-0.2, 0) is 6.54 Å². The Kier molecular flexibility index (Phi) is 6.20. The van der Waals surface area contributed by atoms with Crippen LogP contribution in [0.15, 0.2) is 48.5 Å². The van der Waals surface area contributed by atoms with E-state index in [1.54, 1.807) is 0 Å². The van der Waals surface area contributed by atoms with E-state index in [0.29, 0.717) is 13.1 Å². The summed E-state index contributed by atoms with van der Waals surface area (Å²) < 4.78 is 6.47. The van der Waals surface area contributed by atoms with Gasteiger partial charge in [-0.15, -0.1) is 0 Å². The summed E-state index contributed by atoms with van der Waals surface area (Å²) in [6.07, 6.45) is 2.71. The number of rotatable bonds is 8. The maximum absolute atomic E-state index is 6.47. The summed E-state index contributed by atoms with van der Waals surface area (Å²) in [4.78, 5) is 0. The molecule has 0 spiro atoms. The molecule has 0 heterocycles. The second-order valence-corrected chi connectivity index (χ2v) is 5.92. The van der Waals surface area contributed by atoms with Crippen LogP contribution < -0.4 is 16.2 Å². The number of ether oxygens (including phenoxy) is 1. The van der Waals surface area contributed by atoms with Crippen molar-refractivity contribution in [3.05, 3.63) is 54.1 Å². The highest BCUT2D eigenvalue weighted by Gasteiger charge is 2.28. The summed E-state index contributed by atoms with van der Waals surface area (Å²) in [6, 6.07) is 16.6. The molecule has 0 unspecified atom stereocenters. The molecular weight excluding hydrogens is 284 g/mol. The summed E-state index contributed by atoms with van der Waals surface area (Å²) in [6.45, 7) is 5.40. The van der Waals surface area contributed by atoms with Crippen molar-refractivity contribution < 1.29 is 4.74 Å². The van der Waals surface area contributed by atoms with Crippen molar-refractivity contribution in [3.8, 4) is 16.9 Å². The van der Waals surface area contributed by atoms with Crippen molar-refractivity contribution in [3.63, 3.8) is 0 Å². The van der Waals surface area contributed by atoms with Crippen molar-refractivity contribution in [2.24, 2.45) is 11.5 Å². The van der Waals surface area contributed by atoms with E-state index in [4.69, 9.17) is 16.2 Å². The number of benzene rings is 2. The third-order valence-corrected chi connectivity index (χ3v) is 4.61. The van der Waals surface area contributed by atoms with E-state index in [1.165, 1.54) is 5.56 Å². The quantitative estimate of drug-likeness (QED) is 0.771. The van der Waals surface area contributed by atoms with E-state index in [9.17, 15) is 0 Å². The van der Waals surface area contributed by atoms with Gasteiger partial charge < -0.3 is 16.2 Å². The van der Waals surface area contributed by atoms with Crippen LogP contribution in [0.1, 0.15) is 38.7 Å². The Morgan fingerprint density at radius 1 is 0.913 bits per heavy atom. The van der Waals surface area contributed by atoms with E-state index in [-0.39, 0.29) is 5.60 Å². The van der Waals surface area contributed by atoms with Gasteiger partial charge in [0.1, 0.15) is 11.4 Å². The Morgan fingerprint density at radius 2 is 1.61 bits per heavy atom. The first kappa shape index (κ1) is 17.5. The molecule has 2 rings (SSSR count). The van der Waals surface area contributed by atoms with Gasteiger partial charge in [-0.3, -0.25) is 0 Å². The Labute approximate surface area is 139 Å². The molecule has 0 saturated carbocycles. The van der Waals surface area contributed by atoms with Gasteiger partial charge in [-0.05, 0) is 43.0 Å². The largest absolute Gasteiger partial charge is 0.487 e. The first-order valence-corrected chi connectivity index (χ1v) is 8.45. The average molecular weight is 312 g/mol. The second-order valence-electron chi connectivity index (χ2n) is 5.92. The maximum Gasteiger partial charge on any atom is 0.125 e. The van der Waals surface area contributed by atoms with E-state index in [1.807, 2.05) is 18.2 Å². The molecule has 0 saturated heterocycles. The minimum absolute atomic E-state index is 0.214. The Morgan fingerprint density at radius 3 is 2.17 bits per heavy atom. The van der Waals surface area contributed by atoms with E-state index in [0.717, 1.165) is 36.1 Å². The number of nitrogens with two attached hydrogens (primary N) is 2. The standard InChI is InChI=1S/C20H28N2O/c1-3-20(4-2,12-13-21)23-19-14-17(10-11-18(19)15-22)16-8-6-5-7-9-16/h5-11,14H,3-4,12-13,15,21-22H2,1-2H3. The Balaban J connectivity index is 2.39. The number of hydrogen-bond acceptors (Lipinski definition) is 3. The predicted octanol–water partition coefficient (Wildman–Crippen LogP) is 4.10. The van der Waals surface area contributed by atoms with Gasteiger partial charge in [0.15, 0.2) is 0 Å². The summed E-state index contributed by atoms with van der Waals surface area (Å²) in [5, 5.41) is 0. The minimum Gasteiger partial charge on any atom is -0.487 e. The summed E-state index contributed by atoms with van der Waals surface area (Å²) >= 11 is 0. The van der Waals surface area contributed by atoms with E-state index >= 15 is 0 Å². The molecule has 0 aliphatic carbocycles. The monoisotopic (exact) mass is 312 g/mol. The highest BCUT2D eigenvalue weighted by Crippen LogP contribution is 2.33. The van der Waals surface area contributed by atoms with Crippen molar-refractivity contribution in [2.45, 2.75) is 45.3 Å². The zero-order chi connectivity index (χ0) is 16.7. The zero-order valence-electron chi connectivity index (χ0n) is 14.2. The highest BCUT2D eigenvalue weighted by molar-refractivity contribution is 5.66. The van der Waals surface area contributed by atoms with Crippen LogP contribution in [0.5, 0.6) is 5.75 Å². The van der Waals surface area contributed by atoms with Crippen LogP contribution in [0.3, 0.4) is 0 Å². The Hall–Kier alpha value is -1.84. The molecule has 124 valence electrons. The molecule has 23 heavy (non-hydrogen) atoms. The molecule has 0 aromatic heterocycles. The minimum atomic E-state index is -0.214. The van der Waals surface area contributed by atoms with E-state index in [2.05, 4.69) is 44.2 Å². The first-order chi connectivity index (χ1) is 11.2. The highest BCUT2D eigenvalue weighted by atomic mass is 16.5. The molecule has 0 fully saturated rings. The molecule has 0 radical (unpaired) electrons. The molecule has 3 heteroatoms. The van der Waals surface area contributed by atoms with Gasteiger partial charge in [-0.2, -0.15) is 0 Å². The first-order valence-electron chi connectivity index (χ1n) is 8.45. The van der Waals surface area contributed by atoms with Crippen molar-refractivity contribution in [1.82, 2.24) is 0 Å². The van der Waals surface area contributed by atoms with Crippen molar-refractivity contribution in [1.29, 1.82) is 0 Å². The lowest BCUT2D eigenvalue weighted by Crippen LogP contribution is -2.37. The van der Waals surface area contributed by atoms with Gasteiger partial charge in [0.2, 0.25) is 0 Å². The molecule has 2 aromatic carbocycles. The molecule has 4 N–H and O–H groups in total. The maximum atomic E-state index is 6.47.